The number of hydrogen-bond donors (Lipinski definition) is 3. The van der Waals surface area contributed by atoms with Gasteiger partial charge in [0.1, 0.15) is 0 Å². The Bertz CT molecular complexity index is 659. The fraction of sp³-hybridized carbons (Fsp3) is 0.333. The summed E-state index contributed by atoms with van der Waals surface area (Å²) in [5, 5.41) is 16.5. The van der Waals surface area contributed by atoms with E-state index >= 15 is 0 Å². The van der Waals surface area contributed by atoms with Crippen molar-refractivity contribution in [2.45, 2.75) is 6.04 Å². The number of nitrogens with one attached hydrogen (secondary N) is 2. The predicted molar refractivity (Wildman–Crippen MR) is 76.3 cm³/mol. The Morgan fingerprint density at radius 2 is 2.00 bits per heavy atom. The van der Waals surface area contributed by atoms with Crippen molar-refractivity contribution >= 4 is 21.8 Å². The van der Waals surface area contributed by atoms with Gasteiger partial charge in [0, 0.05) is 18.8 Å². The molecular formula is C12H15N5O3S. The Morgan fingerprint density at radius 3 is 2.52 bits per heavy atom. The lowest BCUT2D eigenvalue weighted by Gasteiger charge is -2.39. The van der Waals surface area contributed by atoms with Gasteiger partial charge in [0.05, 0.1) is 24.2 Å². The largest absolute Gasteiger partial charge is 0.376 e. The van der Waals surface area contributed by atoms with Gasteiger partial charge in [0.25, 0.3) is 10.2 Å². The summed E-state index contributed by atoms with van der Waals surface area (Å²) in [6.07, 6.45) is 0. The summed E-state index contributed by atoms with van der Waals surface area (Å²) >= 11 is 0. The molecule has 1 aromatic rings. The molecule has 112 valence electrons. The van der Waals surface area contributed by atoms with Crippen molar-refractivity contribution in [3.05, 3.63) is 29.8 Å². The third-order valence-corrected chi connectivity index (χ3v) is 3.68. The second-order valence-corrected chi connectivity index (χ2v) is 6.03. The van der Waals surface area contributed by atoms with Gasteiger partial charge in [0.2, 0.25) is 5.91 Å². The third-order valence-electron chi connectivity index (χ3n) is 3.02. The first-order valence-corrected chi connectivity index (χ1v) is 7.74. The highest BCUT2D eigenvalue weighted by Crippen LogP contribution is 2.11. The van der Waals surface area contributed by atoms with Crippen LogP contribution in [0.2, 0.25) is 0 Å². The van der Waals surface area contributed by atoms with E-state index in [1.165, 1.54) is 4.90 Å². The summed E-state index contributed by atoms with van der Waals surface area (Å²) in [5.41, 5.74) is 1.29. The van der Waals surface area contributed by atoms with Crippen LogP contribution in [0.5, 0.6) is 0 Å². The minimum Gasteiger partial charge on any atom is -0.376 e. The normalized spacial score (nSPS) is 15.1. The van der Waals surface area contributed by atoms with E-state index in [1.54, 1.807) is 24.3 Å². The summed E-state index contributed by atoms with van der Waals surface area (Å²) < 4.78 is 23.8. The number of carbonyl (C=O) groups excluding carboxylic acids is 1. The van der Waals surface area contributed by atoms with Crippen LogP contribution < -0.4 is 15.2 Å². The summed E-state index contributed by atoms with van der Waals surface area (Å²) in [4.78, 5) is 13.4. The molecule has 0 atom stereocenters. The number of carbonyl (C=O) groups is 1. The van der Waals surface area contributed by atoms with Crippen LogP contribution in [0.15, 0.2) is 24.3 Å². The molecule has 9 heteroatoms. The van der Waals surface area contributed by atoms with Gasteiger partial charge in [-0.05, 0) is 24.3 Å². The number of likely N-dealkylation sites (tertiary alicyclic amines) is 1. The molecule has 1 saturated heterocycles. The molecule has 0 aliphatic carbocycles. The van der Waals surface area contributed by atoms with Crippen LogP contribution in [-0.4, -0.2) is 44.9 Å². The van der Waals surface area contributed by atoms with Crippen molar-refractivity contribution in [1.82, 2.24) is 9.62 Å². The summed E-state index contributed by atoms with van der Waals surface area (Å²) in [6.45, 7) is 0.725. The first kappa shape index (κ1) is 15.2. The first-order chi connectivity index (χ1) is 9.87. The topological polar surface area (TPSA) is 128 Å². The molecule has 0 bridgehead atoms. The zero-order valence-corrected chi connectivity index (χ0v) is 11.9. The van der Waals surface area contributed by atoms with Gasteiger partial charge in [-0.2, -0.15) is 18.4 Å². The van der Waals surface area contributed by atoms with Crippen LogP contribution in [0.4, 0.5) is 5.69 Å². The molecule has 0 radical (unpaired) electrons. The van der Waals surface area contributed by atoms with Crippen LogP contribution >= 0.6 is 0 Å². The highest BCUT2D eigenvalue weighted by atomic mass is 32.2. The SMILES string of the molecule is N#Cc1ccc(NCC(=O)N2CC(NS(N)(=O)=O)C2)cc1. The van der Waals surface area contributed by atoms with Gasteiger partial charge in [-0.1, -0.05) is 0 Å². The quantitative estimate of drug-likeness (QED) is 0.641. The van der Waals surface area contributed by atoms with E-state index in [1.807, 2.05) is 6.07 Å². The molecule has 1 fully saturated rings. The number of benzene rings is 1. The van der Waals surface area contributed by atoms with Crippen LogP contribution in [0.1, 0.15) is 5.56 Å². The Morgan fingerprint density at radius 1 is 1.38 bits per heavy atom. The lowest BCUT2D eigenvalue weighted by atomic mass is 10.1. The Kier molecular flexibility index (Phi) is 4.42. The van der Waals surface area contributed by atoms with Crippen molar-refractivity contribution in [2.75, 3.05) is 25.0 Å². The average Bonchev–Trinajstić information content (AvgIpc) is 2.39. The molecule has 1 heterocycles. The lowest BCUT2D eigenvalue weighted by Crippen LogP contribution is -2.62. The summed E-state index contributed by atoms with van der Waals surface area (Å²) in [7, 11) is -3.73. The molecule has 1 aromatic carbocycles. The number of nitriles is 1. The maximum absolute atomic E-state index is 11.8. The fourth-order valence-corrected chi connectivity index (χ4v) is 2.55. The Balaban J connectivity index is 1.75. The van der Waals surface area contributed by atoms with E-state index in [4.69, 9.17) is 10.4 Å². The van der Waals surface area contributed by atoms with Crippen molar-refractivity contribution in [2.24, 2.45) is 5.14 Å². The first-order valence-electron chi connectivity index (χ1n) is 6.19. The van der Waals surface area contributed by atoms with Crippen molar-refractivity contribution in [3.8, 4) is 6.07 Å². The molecule has 21 heavy (non-hydrogen) atoms. The van der Waals surface area contributed by atoms with Gasteiger partial charge in [-0.15, -0.1) is 0 Å². The van der Waals surface area contributed by atoms with E-state index in [0.717, 1.165) is 5.69 Å². The average molecular weight is 309 g/mol. The van der Waals surface area contributed by atoms with E-state index in [2.05, 4.69) is 10.0 Å². The van der Waals surface area contributed by atoms with E-state index in [9.17, 15) is 13.2 Å². The van der Waals surface area contributed by atoms with Gasteiger partial charge in [0.15, 0.2) is 0 Å². The predicted octanol–water partition coefficient (Wildman–Crippen LogP) is -1.03. The maximum Gasteiger partial charge on any atom is 0.274 e. The lowest BCUT2D eigenvalue weighted by molar-refractivity contribution is -0.133. The third kappa shape index (κ3) is 4.42. The molecule has 0 aromatic heterocycles. The van der Waals surface area contributed by atoms with Crippen LogP contribution in [0.25, 0.3) is 0 Å². The van der Waals surface area contributed by atoms with E-state index < -0.39 is 10.2 Å². The molecule has 0 saturated carbocycles. The van der Waals surface area contributed by atoms with Crippen LogP contribution in [0, 0.1) is 11.3 Å². The number of rotatable bonds is 5. The Hall–Kier alpha value is -2.15. The molecule has 1 aliphatic heterocycles. The van der Waals surface area contributed by atoms with Crippen molar-refractivity contribution < 1.29 is 13.2 Å². The number of hydrogen-bond acceptors (Lipinski definition) is 5. The summed E-state index contributed by atoms with van der Waals surface area (Å²) in [5.74, 6) is -0.133. The second-order valence-electron chi connectivity index (χ2n) is 4.70. The van der Waals surface area contributed by atoms with Gasteiger partial charge >= 0.3 is 0 Å². The molecular weight excluding hydrogens is 294 g/mol. The minimum absolute atomic E-state index is 0.105. The molecule has 0 unspecified atom stereocenters. The number of amides is 1. The van der Waals surface area contributed by atoms with Crippen LogP contribution in [-0.2, 0) is 15.0 Å². The standard InChI is InChI=1S/C12H15N5O3S/c13-5-9-1-3-10(4-2-9)15-6-12(18)17-7-11(8-17)16-21(14,19)20/h1-4,11,15-16H,6-8H2,(H2,14,19,20). The van der Waals surface area contributed by atoms with E-state index in [-0.39, 0.29) is 18.5 Å². The van der Waals surface area contributed by atoms with Crippen LogP contribution in [0.3, 0.4) is 0 Å². The monoisotopic (exact) mass is 309 g/mol. The van der Waals surface area contributed by atoms with Gasteiger partial charge in [-0.3, -0.25) is 4.79 Å². The summed E-state index contributed by atoms with van der Waals surface area (Å²) in [6, 6.07) is 8.43. The molecule has 1 aliphatic rings. The van der Waals surface area contributed by atoms with Gasteiger partial charge in [-0.25, -0.2) is 5.14 Å². The molecule has 0 spiro atoms. The zero-order chi connectivity index (χ0) is 15.5. The maximum atomic E-state index is 11.8. The fourth-order valence-electron chi connectivity index (χ4n) is 1.94. The zero-order valence-electron chi connectivity index (χ0n) is 11.1. The van der Waals surface area contributed by atoms with E-state index in [0.29, 0.717) is 18.7 Å². The van der Waals surface area contributed by atoms with Gasteiger partial charge < -0.3 is 10.2 Å². The highest BCUT2D eigenvalue weighted by molar-refractivity contribution is 7.87. The molecule has 8 nitrogen and oxygen atoms in total. The Labute approximate surface area is 122 Å². The highest BCUT2D eigenvalue weighted by Gasteiger charge is 2.32. The smallest absolute Gasteiger partial charge is 0.274 e. The molecule has 4 N–H and O–H groups in total. The second kappa shape index (κ2) is 6.09. The van der Waals surface area contributed by atoms with Crippen molar-refractivity contribution in [1.29, 1.82) is 5.26 Å². The molecule has 1 amide bonds. The molecule has 2 rings (SSSR count). The number of nitrogens with zero attached hydrogens (tertiary/aromatic N) is 2. The number of anilines is 1. The number of nitrogens with two attached hydrogens (primary N) is 1. The van der Waals surface area contributed by atoms with Crippen molar-refractivity contribution in [3.63, 3.8) is 0 Å². The minimum atomic E-state index is -3.73.